The number of amides is 1. The number of hydrogen-bond donors (Lipinski definition) is 1. The van der Waals surface area contributed by atoms with Crippen molar-refractivity contribution in [2.24, 2.45) is 0 Å². The maximum absolute atomic E-state index is 12.2. The number of carboxylic acid groups (broad SMARTS) is 1. The first-order valence-electron chi connectivity index (χ1n) is 8.50. The Hall–Kier alpha value is -3.38. The molecule has 0 unspecified atom stereocenters. The highest BCUT2D eigenvalue weighted by atomic mass is 35.5. The number of halogens is 1. The maximum atomic E-state index is 12.2. The first kappa shape index (κ1) is 19.4. The number of hydrogen-bond acceptors (Lipinski definition) is 3. The Morgan fingerprint density at radius 2 is 1.79 bits per heavy atom. The smallest absolute Gasteiger partial charge is 0.328 e. The third kappa shape index (κ3) is 4.66. The fraction of sp³-hybridized carbons (Fsp3) is 0.0952. The van der Waals surface area contributed by atoms with Crippen LogP contribution in [0.1, 0.15) is 5.56 Å². The van der Waals surface area contributed by atoms with Gasteiger partial charge >= 0.3 is 5.97 Å². The minimum absolute atomic E-state index is 0.271. The lowest BCUT2D eigenvalue weighted by Gasteiger charge is -2.14. The summed E-state index contributed by atoms with van der Waals surface area (Å²) in [6.07, 6.45) is 3.72. The molecule has 0 aliphatic heterocycles. The molecule has 6 nitrogen and oxygen atoms in total. The molecule has 0 atom stereocenters. The molecule has 0 radical (unpaired) electrons. The first-order valence-corrected chi connectivity index (χ1v) is 8.88. The van der Waals surface area contributed by atoms with E-state index in [0.717, 1.165) is 34.7 Å². The molecule has 2 aromatic carbocycles. The monoisotopic (exact) mass is 395 g/mol. The molecule has 1 heterocycles. The van der Waals surface area contributed by atoms with Crippen molar-refractivity contribution >= 4 is 23.5 Å². The Morgan fingerprint density at radius 1 is 1.11 bits per heavy atom. The van der Waals surface area contributed by atoms with E-state index in [1.54, 1.807) is 23.9 Å². The Bertz CT molecular complexity index is 1010. The first-order chi connectivity index (χ1) is 13.4. The Labute approximate surface area is 167 Å². The highest BCUT2D eigenvalue weighted by Crippen LogP contribution is 2.26. The average Bonchev–Trinajstić information content (AvgIpc) is 3.11. The molecule has 0 saturated heterocycles. The molecule has 3 aromatic rings. The molecule has 3 rings (SSSR count). The van der Waals surface area contributed by atoms with Crippen molar-refractivity contribution in [1.29, 1.82) is 0 Å². The summed E-state index contributed by atoms with van der Waals surface area (Å²) in [5, 5.41) is 14.0. The Balaban J connectivity index is 1.96. The Kier molecular flexibility index (Phi) is 5.91. The van der Waals surface area contributed by atoms with Crippen LogP contribution in [-0.2, 0) is 16.1 Å². The lowest BCUT2D eigenvalue weighted by molar-refractivity contribution is -0.132. The van der Waals surface area contributed by atoms with Crippen molar-refractivity contribution in [2.45, 2.75) is 6.54 Å². The van der Waals surface area contributed by atoms with Gasteiger partial charge in [-0.1, -0.05) is 41.9 Å². The number of benzene rings is 2. The topological polar surface area (TPSA) is 75.4 Å². The van der Waals surface area contributed by atoms with Crippen LogP contribution in [0.5, 0.6) is 0 Å². The second-order valence-electron chi connectivity index (χ2n) is 6.16. The molecule has 1 aromatic heterocycles. The van der Waals surface area contributed by atoms with Crippen LogP contribution in [0.2, 0.25) is 5.02 Å². The zero-order valence-electron chi connectivity index (χ0n) is 15.1. The molecule has 1 N–H and O–H groups in total. The molecule has 7 heteroatoms. The quantitative estimate of drug-likeness (QED) is 0.644. The standard InChI is InChI=1S/C21H18ClN3O3/c1-24(19(26)11-12-20(27)28)13-16-14-25(18-5-3-2-4-6-18)23-21(16)15-7-9-17(22)10-8-15/h2-12,14H,13H2,1H3,(H,27,28)/b12-11+. The number of likely N-dealkylation sites (N-methyl/N-ethyl adjacent to an activating group) is 1. The summed E-state index contributed by atoms with van der Waals surface area (Å²) in [4.78, 5) is 24.2. The van der Waals surface area contributed by atoms with Gasteiger partial charge in [-0.15, -0.1) is 0 Å². The van der Waals surface area contributed by atoms with Crippen LogP contribution in [0.25, 0.3) is 16.9 Å². The van der Waals surface area contributed by atoms with Gasteiger partial charge in [-0.3, -0.25) is 4.79 Å². The average molecular weight is 396 g/mol. The number of carbonyl (C=O) groups excluding carboxylic acids is 1. The molecule has 1 amide bonds. The number of carboxylic acids is 1. The summed E-state index contributed by atoms with van der Waals surface area (Å²) in [7, 11) is 1.61. The predicted octanol–water partition coefficient (Wildman–Crippen LogP) is 3.79. The minimum atomic E-state index is -1.17. The molecule has 0 spiro atoms. The number of carbonyl (C=O) groups is 2. The van der Waals surface area contributed by atoms with Crippen LogP contribution in [0.4, 0.5) is 0 Å². The van der Waals surface area contributed by atoms with Crippen LogP contribution in [0.15, 0.2) is 72.9 Å². The summed E-state index contributed by atoms with van der Waals surface area (Å²) < 4.78 is 1.75. The van der Waals surface area contributed by atoms with Gasteiger partial charge in [-0.25, -0.2) is 9.48 Å². The SMILES string of the molecule is CN(Cc1cn(-c2ccccc2)nc1-c1ccc(Cl)cc1)C(=O)/C=C/C(=O)O. The number of nitrogens with zero attached hydrogens (tertiary/aromatic N) is 3. The predicted molar refractivity (Wildman–Crippen MR) is 107 cm³/mol. The second-order valence-corrected chi connectivity index (χ2v) is 6.59. The van der Waals surface area contributed by atoms with Crippen molar-refractivity contribution in [3.05, 3.63) is 83.5 Å². The summed E-state index contributed by atoms with van der Waals surface area (Å²) >= 11 is 5.99. The van der Waals surface area contributed by atoms with Gasteiger partial charge in [0.15, 0.2) is 0 Å². The van der Waals surface area contributed by atoms with Crippen molar-refractivity contribution < 1.29 is 14.7 Å². The normalized spacial score (nSPS) is 10.9. The van der Waals surface area contributed by atoms with Crippen molar-refractivity contribution in [1.82, 2.24) is 14.7 Å². The highest BCUT2D eigenvalue weighted by molar-refractivity contribution is 6.30. The van der Waals surface area contributed by atoms with Gasteiger partial charge < -0.3 is 10.0 Å². The van der Waals surface area contributed by atoms with E-state index in [-0.39, 0.29) is 6.54 Å². The molecule has 28 heavy (non-hydrogen) atoms. The van der Waals surface area contributed by atoms with Gasteiger partial charge in [0.05, 0.1) is 11.4 Å². The highest BCUT2D eigenvalue weighted by Gasteiger charge is 2.16. The van der Waals surface area contributed by atoms with E-state index in [2.05, 4.69) is 0 Å². The van der Waals surface area contributed by atoms with E-state index in [1.807, 2.05) is 48.7 Å². The van der Waals surface area contributed by atoms with E-state index >= 15 is 0 Å². The zero-order chi connectivity index (χ0) is 20.1. The second kappa shape index (κ2) is 8.54. The fourth-order valence-corrected chi connectivity index (χ4v) is 2.82. The fourth-order valence-electron chi connectivity index (χ4n) is 2.69. The Morgan fingerprint density at radius 3 is 2.43 bits per heavy atom. The van der Waals surface area contributed by atoms with Gasteiger partial charge in [0.2, 0.25) is 5.91 Å². The van der Waals surface area contributed by atoms with Crippen LogP contribution in [0.3, 0.4) is 0 Å². The lowest BCUT2D eigenvalue weighted by atomic mass is 10.1. The third-order valence-corrected chi connectivity index (χ3v) is 4.33. The van der Waals surface area contributed by atoms with Crippen LogP contribution in [-0.4, -0.2) is 38.7 Å². The van der Waals surface area contributed by atoms with E-state index in [9.17, 15) is 9.59 Å². The molecule has 142 valence electrons. The van der Waals surface area contributed by atoms with Gasteiger partial charge in [0.1, 0.15) is 0 Å². The summed E-state index contributed by atoms with van der Waals surface area (Å²) in [5.41, 5.74) is 3.31. The van der Waals surface area contributed by atoms with Crippen molar-refractivity contribution in [3.63, 3.8) is 0 Å². The molecule has 0 aliphatic carbocycles. The molecular weight excluding hydrogens is 378 g/mol. The van der Waals surface area contributed by atoms with Gasteiger partial charge in [0, 0.05) is 48.1 Å². The number of para-hydroxylation sites is 1. The van der Waals surface area contributed by atoms with Gasteiger partial charge in [0.25, 0.3) is 0 Å². The van der Waals surface area contributed by atoms with Gasteiger partial charge in [-0.2, -0.15) is 5.10 Å². The molecule has 0 bridgehead atoms. The summed E-state index contributed by atoms with van der Waals surface area (Å²) in [6, 6.07) is 17.0. The van der Waals surface area contributed by atoms with Crippen molar-refractivity contribution in [2.75, 3.05) is 7.05 Å². The lowest BCUT2D eigenvalue weighted by Crippen LogP contribution is -2.24. The number of aliphatic carboxylic acids is 1. The molecule has 0 aliphatic rings. The summed E-state index contributed by atoms with van der Waals surface area (Å²) in [6.45, 7) is 0.271. The largest absolute Gasteiger partial charge is 0.478 e. The molecule has 0 saturated carbocycles. The van der Waals surface area contributed by atoms with Crippen LogP contribution >= 0.6 is 11.6 Å². The van der Waals surface area contributed by atoms with E-state index in [0.29, 0.717) is 5.02 Å². The molecule has 0 fully saturated rings. The maximum Gasteiger partial charge on any atom is 0.328 e. The van der Waals surface area contributed by atoms with Crippen LogP contribution < -0.4 is 0 Å². The number of rotatable bonds is 6. The van der Waals surface area contributed by atoms with Crippen molar-refractivity contribution in [3.8, 4) is 16.9 Å². The zero-order valence-corrected chi connectivity index (χ0v) is 15.9. The number of aromatic nitrogens is 2. The summed E-state index contributed by atoms with van der Waals surface area (Å²) in [5.74, 6) is -1.57. The minimum Gasteiger partial charge on any atom is -0.478 e. The van der Waals surface area contributed by atoms with Gasteiger partial charge in [-0.05, 0) is 24.3 Å². The van der Waals surface area contributed by atoms with E-state index in [1.165, 1.54) is 4.90 Å². The van der Waals surface area contributed by atoms with E-state index < -0.39 is 11.9 Å². The molecular formula is C21H18ClN3O3. The van der Waals surface area contributed by atoms with E-state index in [4.69, 9.17) is 21.8 Å². The third-order valence-electron chi connectivity index (χ3n) is 4.08. The van der Waals surface area contributed by atoms with Crippen LogP contribution in [0, 0.1) is 0 Å².